The van der Waals surface area contributed by atoms with Crippen LogP contribution in [-0.2, 0) is 4.74 Å². The highest BCUT2D eigenvalue weighted by atomic mass is 79.9. The summed E-state index contributed by atoms with van der Waals surface area (Å²) >= 11 is 3.16. The Morgan fingerprint density at radius 1 is 1.53 bits per heavy atom. The summed E-state index contributed by atoms with van der Waals surface area (Å²) in [5.74, 6) is -0.276. The van der Waals surface area contributed by atoms with Crippen LogP contribution in [0.15, 0.2) is 22.7 Å². The van der Waals surface area contributed by atoms with Gasteiger partial charge in [0.05, 0.1) is 4.47 Å². The van der Waals surface area contributed by atoms with E-state index in [-0.39, 0.29) is 11.4 Å². The smallest absolute Gasteiger partial charge is 0.137 e. The lowest BCUT2D eigenvalue weighted by molar-refractivity contribution is 0.177. The van der Waals surface area contributed by atoms with E-state index in [1.54, 1.807) is 19.2 Å². The Hall–Kier alpha value is -0.650. The summed E-state index contributed by atoms with van der Waals surface area (Å²) in [5, 5.41) is 3.31. The van der Waals surface area contributed by atoms with E-state index in [4.69, 9.17) is 10.5 Å². The van der Waals surface area contributed by atoms with E-state index < -0.39 is 0 Å². The van der Waals surface area contributed by atoms with Gasteiger partial charge in [-0.3, -0.25) is 0 Å². The molecule has 5 heteroatoms. The SMILES string of the molecule is COCCC(C)(CN)Nc1ccc(F)c(Br)c1. The second kappa shape index (κ2) is 6.33. The molecule has 0 amide bonds. The molecule has 0 bridgehead atoms. The monoisotopic (exact) mass is 304 g/mol. The second-order valence-corrected chi connectivity index (χ2v) is 5.12. The number of nitrogens with two attached hydrogens (primary N) is 1. The molecular weight excluding hydrogens is 287 g/mol. The average molecular weight is 305 g/mol. The second-order valence-electron chi connectivity index (χ2n) is 4.26. The van der Waals surface area contributed by atoms with Gasteiger partial charge in [0.25, 0.3) is 0 Å². The number of benzene rings is 1. The third-order valence-electron chi connectivity index (χ3n) is 2.67. The van der Waals surface area contributed by atoms with E-state index in [0.717, 1.165) is 12.1 Å². The van der Waals surface area contributed by atoms with Crippen molar-refractivity contribution in [1.29, 1.82) is 0 Å². The zero-order valence-corrected chi connectivity index (χ0v) is 11.7. The number of hydrogen-bond donors (Lipinski definition) is 2. The Bertz CT molecular complexity index is 376. The fourth-order valence-corrected chi connectivity index (χ4v) is 1.84. The van der Waals surface area contributed by atoms with E-state index in [1.807, 2.05) is 6.92 Å². The number of methoxy groups -OCH3 is 1. The van der Waals surface area contributed by atoms with Crippen molar-refractivity contribution in [3.8, 4) is 0 Å². The largest absolute Gasteiger partial charge is 0.385 e. The van der Waals surface area contributed by atoms with Crippen LogP contribution in [0.2, 0.25) is 0 Å². The van der Waals surface area contributed by atoms with Gasteiger partial charge in [-0.05, 0) is 47.5 Å². The maximum Gasteiger partial charge on any atom is 0.137 e. The molecule has 0 spiro atoms. The van der Waals surface area contributed by atoms with Gasteiger partial charge in [-0.2, -0.15) is 0 Å². The lowest BCUT2D eigenvalue weighted by atomic mass is 9.98. The van der Waals surface area contributed by atoms with Gasteiger partial charge in [0.2, 0.25) is 0 Å². The highest BCUT2D eigenvalue weighted by Gasteiger charge is 2.21. The summed E-state index contributed by atoms with van der Waals surface area (Å²) in [7, 11) is 1.66. The molecule has 0 aliphatic carbocycles. The third-order valence-corrected chi connectivity index (χ3v) is 3.28. The number of ether oxygens (including phenoxy) is 1. The van der Waals surface area contributed by atoms with Gasteiger partial charge < -0.3 is 15.8 Å². The van der Waals surface area contributed by atoms with Gasteiger partial charge >= 0.3 is 0 Å². The summed E-state index contributed by atoms with van der Waals surface area (Å²) < 4.78 is 18.6. The minimum atomic E-state index is -0.276. The van der Waals surface area contributed by atoms with Crippen molar-refractivity contribution in [2.45, 2.75) is 18.9 Å². The van der Waals surface area contributed by atoms with Crippen LogP contribution in [0, 0.1) is 5.82 Å². The first-order chi connectivity index (χ1) is 8.00. The van der Waals surface area contributed by atoms with Crippen LogP contribution in [0.1, 0.15) is 13.3 Å². The van der Waals surface area contributed by atoms with E-state index >= 15 is 0 Å². The van der Waals surface area contributed by atoms with Gasteiger partial charge in [-0.1, -0.05) is 0 Å². The van der Waals surface area contributed by atoms with Crippen LogP contribution < -0.4 is 11.1 Å². The Labute approximate surface area is 110 Å². The maximum absolute atomic E-state index is 13.1. The zero-order valence-electron chi connectivity index (χ0n) is 10.1. The van der Waals surface area contributed by atoms with Gasteiger partial charge in [-0.15, -0.1) is 0 Å². The van der Waals surface area contributed by atoms with Gasteiger partial charge in [0, 0.05) is 31.5 Å². The number of halogens is 2. The highest BCUT2D eigenvalue weighted by molar-refractivity contribution is 9.10. The van der Waals surface area contributed by atoms with E-state index in [9.17, 15) is 4.39 Å². The number of rotatable bonds is 6. The summed E-state index contributed by atoms with van der Waals surface area (Å²) in [6, 6.07) is 4.82. The summed E-state index contributed by atoms with van der Waals surface area (Å²) in [6.07, 6.45) is 0.787. The van der Waals surface area contributed by atoms with Gasteiger partial charge in [0.15, 0.2) is 0 Å². The fourth-order valence-electron chi connectivity index (χ4n) is 1.47. The van der Waals surface area contributed by atoms with Crippen molar-refractivity contribution in [3.05, 3.63) is 28.5 Å². The average Bonchev–Trinajstić information content (AvgIpc) is 2.31. The number of hydrogen-bond acceptors (Lipinski definition) is 3. The van der Waals surface area contributed by atoms with E-state index in [0.29, 0.717) is 17.6 Å². The molecule has 96 valence electrons. The van der Waals surface area contributed by atoms with Crippen molar-refractivity contribution in [2.75, 3.05) is 25.6 Å². The lowest BCUT2D eigenvalue weighted by Crippen LogP contribution is -2.43. The molecule has 0 aliphatic heterocycles. The molecule has 3 nitrogen and oxygen atoms in total. The molecule has 3 N–H and O–H groups in total. The minimum Gasteiger partial charge on any atom is -0.385 e. The van der Waals surface area contributed by atoms with Gasteiger partial charge in [0.1, 0.15) is 5.82 Å². The van der Waals surface area contributed by atoms with Crippen molar-refractivity contribution in [3.63, 3.8) is 0 Å². The molecule has 0 aliphatic rings. The molecule has 0 aromatic heterocycles. The molecule has 1 aromatic carbocycles. The zero-order chi connectivity index (χ0) is 12.9. The van der Waals surface area contributed by atoms with E-state index in [1.165, 1.54) is 6.07 Å². The predicted molar refractivity (Wildman–Crippen MR) is 71.7 cm³/mol. The van der Waals surface area contributed by atoms with E-state index in [2.05, 4.69) is 21.2 Å². The first-order valence-electron chi connectivity index (χ1n) is 5.43. The molecule has 1 aromatic rings. The van der Waals surface area contributed by atoms with Crippen molar-refractivity contribution >= 4 is 21.6 Å². The molecule has 0 saturated carbocycles. The molecule has 0 fully saturated rings. The molecule has 1 atom stereocenters. The number of nitrogens with one attached hydrogen (secondary N) is 1. The Morgan fingerprint density at radius 2 is 2.24 bits per heavy atom. The van der Waals surface area contributed by atoms with Crippen LogP contribution in [-0.4, -0.2) is 25.8 Å². The van der Waals surface area contributed by atoms with Crippen molar-refractivity contribution in [2.24, 2.45) is 5.73 Å². The maximum atomic E-state index is 13.1. The molecule has 0 radical (unpaired) electrons. The molecule has 0 saturated heterocycles. The fraction of sp³-hybridized carbons (Fsp3) is 0.500. The topological polar surface area (TPSA) is 47.3 Å². The lowest BCUT2D eigenvalue weighted by Gasteiger charge is -2.30. The highest BCUT2D eigenvalue weighted by Crippen LogP contribution is 2.23. The molecule has 0 heterocycles. The standard InChI is InChI=1S/C12H18BrFN2O/c1-12(8-15,5-6-17-2)16-9-3-4-11(14)10(13)7-9/h3-4,7,16H,5-6,8,15H2,1-2H3. The summed E-state index contributed by atoms with van der Waals surface area (Å²) in [4.78, 5) is 0. The molecular formula is C12H18BrFN2O. The van der Waals surface area contributed by atoms with Crippen LogP contribution in [0.5, 0.6) is 0 Å². The summed E-state index contributed by atoms with van der Waals surface area (Å²) in [6.45, 7) is 3.12. The van der Waals surface area contributed by atoms with Crippen LogP contribution in [0.4, 0.5) is 10.1 Å². The van der Waals surface area contributed by atoms with Crippen LogP contribution >= 0.6 is 15.9 Å². The Balaban J connectivity index is 2.76. The first-order valence-corrected chi connectivity index (χ1v) is 6.22. The van der Waals surface area contributed by atoms with Gasteiger partial charge in [-0.25, -0.2) is 4.39 Å². The van der Waals surface area contributed by atoms with Crippen LogP contribution in [0.25, 0.3) is 0 Å². The Morgan fingerprint density at radius 3 is 2.76 bits per heavy atom. The van der Waals surface area contributed by atoms with Crippen molar-refractivity contribution in [1.82, 2.24) is 0 Å². The third kappa shape index (κ3) is 4.26. The normalized spacial score (nSPS) is 14.4. The molecule has 1 unspecified atom stereocenters. The van der Waals surface area contributed by atoms with Crippen molar-refractivity contribution < 1.29 is 9.13 Å². The molecule has 17 heavy (non-hydrogen) atoms. The van der Waals surface area contributed by atoms with Crippen LogP contribution in [0.3, 0.4) is 0 Å². The number of anilines is 1. The predicted octanol–water partition coefficient (Wildman–Crippen LogP) is 2.75. The Kier molecular flexibility index (Phi) is 5.36. The first kappa shape index (κ1) is 14.4. The minimum absolute atomic E-state index is 0.257. The summed E-state index contributed by atoms with van der Waals surface area (Å²) in [5.41, 5.74) is 6.34. The quantitative estimate of drug-likeness (QED) is 0.849. The molecule has 1 rings (SSSR count).